The van der Waals surface area contributed by atoms with E-state index in [1.165, 1.54) is 12.1 Å². The van der Waals surface area contributed by atoms with Crippen molar-refractivity contribution in [3.05, 3.63) is 58.0 Å². The molecule has 1 saturated heterocycles. The van der Waals surface area contributed by atoms with Gasteiger partial charge in [-0.05, 0) is 47.8 Å². The van der Waals surface area contributed by atoms with E-state index in [1.54, 1.807) is 23.5 Å². The zero-order valence-corrected chi connectivity index (χ0v) is 16.0. The summed E-state index contributed by atoms with van der Waals surface area (Å²) in [4.78, 5) is 3.10. The second kappa shape index (κ2) is 7.80. The number of thiophene rings is 1. The first-order chi connectivity index (χ1) is 11.9. The summed E-state index contributed by atoms with van der Waals surface area (Å²) in [5.74, 6) is 0.0671. The number of nitrogens with zero attached hydrogens (tertiary/aromatic N) is 1. The molecule has 2 heterocycles. The Morgan fingerprint density at radius 3 is 2.68 bits per heavy atom. The Morgan fingerprint density at radius 2 is 2.08 bits per heavy atom. The average molecular weight is 399 g/mol. The summed E-state index contributed by atoms with van der Waals surface area (Å²) in [6.07, 6.45) is 0.589. The normalized spacial score (nSPS) is 18.8. The fourth-order valence-electron chi connectivity index (χ4n) is 2.84. The van der Waals surface area contributed by atoms with Gasteiger partial charge in [0.15, 0.2) is 14.9 Å². The first-order valence-corrected chi connectivity index (χ1v) is 11.1. The van der Waals surface area contributed by atoms with Crippen LogP contribution in [0, 0.1) is 5.82 Å². The molecule has 1 aromatic heterocycles. The molecular weight excluding hydrogens is 379 g/mol. The maximum absolute atomic E-state index is 13.0. The third kappa shape index (κ3) is 4.99. The van der Waals surface area contributed by atoms with Crippen LogP contribution < -0.4 is 5.32 Å². The molecule has 0 saturated carbocycles. The van der Waals surface area contributed by atoms with Crippen molar-refractivity contribution in [2.45, 2.75) is 25.6 Å². The number of sulfone groups is 1. The predicted octanol–water partition coefficient (Wildman–Crippen LogP) is 2.95. The Balaban J connectivity index is 1.69. The number of thiocarbonyl (C=S) groups is 1. The van der Waals surface area contributed by atoms with Crippen LogP contribution in [-0.2, 0) is 22.9 Å². The third-order valence-electron chi connectivity index (χ3n) is 4.17. The molecule has 3 rings (SSSR count). The minimum absolute atomic E-state index is 0.111. The summed E-state index contributed by atoms with van der Waals surface area (Å²) < 4.78 is 36.7. The number of benzene rings is 1. The third-order valence-corrected chi connectivity index (χ3v) is 7.16. The molecule has 25 heavy (non-hydrogen) atoms. The van der Waals surface area contributed by atoms with E-state index in [1.807, 2.05) is 22.4 Å². The lowest BCUT2D eigenvalue weighted by Gasteiger charge is -2.30. The Hall–Kier alpha value is -1.51. The summed E-state index contributed by atoms with van der Waals surface area (Å²) in [7, 11) is -2.99. The molecule has 0 unspecified atom stereocenters. The smallest absolute Gasteiger partial charge is 0.169 e. The van der Waals surface area contributed by atoms with Crippen LogP contribution in [0.1, 0.15) is 16.9 Å². The van der Waals surface area contributed by atoms with Gasteiger partial charge in [0.05, 0.1) is 18.1 Å². The van der Waals surface area contributed by atoms with Crippen molar-refractivity contribution in [1.82, 2.24) is 10.2 Å². The molecule has 1 atom stereocenters. The van der Waals surface area contributed by atoms with Gasteiger partial charge >= 0.3 is 0 Å². The topological polar surface area (TPSA) is 49.4 Å². The van der Waals surface area contributed by atoms with Crippen molar-refractivity contribution in [3.63, 3.8) is 0 Å². The van der Waals surface area contributed by atoms with E-state index in [-0.39, 0.29) is 23.4 Å². The monoisotopic (exact) mass is 398 g/mol. The molecule has 0 amide bonds. The Morgan fingerprint density at radius 1 is 1.32 bits per heavy atom. The second-order valence-corrected chi connectivity index (χ2v) is 9.70. The highest BCUT2D eigenvalue weighted by atomic mass is 32.2. The van der Waals surface area contributed by atoms with Crippen molar-refractivity contribution in [2.75, 3.05) is 11.5 Å². The van der Waals surface area contributed by atoms with Gasteiger partial charge in [0.1, 0.15) is 5.82 Å². The Bertz CT molecular complexity index is 820. The molecule has 134 valence electrons. The molecule has 8 heteroatoms. The zero-order chi connectivity index (χ0) is 17.9. The fourth-order valence-corrected chi connectivity index (χ4v) is 5.56. The molecule has 1 fully saturated rings. The highest BCUT2D eigenvalue weighted by molar-refractivity contribution is 7.91. The van der Waals surface area contributed by atoms with Crippen molar-refractivity contribution >= 4 is 38.5 Å². The first-order valence-electron chi connectivity index (χ1n) is 7.95. The van der Waals surface area contributed by atoms with Gasteiger partial charge in [-0.25, -0.2) is 12.8 Å². The summed E-state index contributed by atoms with van der Waals surface area (Å²) in [6, 6.07) is 10.1. The molecule has 1 aliphatic heterocycles. The van der Waals surface area contributed by atoms with E-state index in [0.717, 1.165) is 10.4 Å². The van der Waals surface area contributed by atoms with Gasteiger partial charge in [-0.15, -0.1) is 11.3 Å². The van der Waals surface area contributed by atoms with E-state index in [9.17, 15) is 12.8 Å². The van der Waals surface area contributed by atoms with Gasteiger partial charge in [0.2, 0.25) is 0 Å². The van der Waals surface area contributed by atoms with E-state index in [2.05, 4.69) is 5.32 Å². The largest absolute Gasteiger partial charge is 0.358 e. The van der Waals surface area contributed by atoms with Crippen LogP contribution in [-0.4, -0.2) is 36.0 Å². The van der Waals surface area contributed by atoms with Gasteiger partial charge < -0.3 is 10.2 Å². The van der Waals surface area contributed by atoms with Gasteiger partial charge in [0.25, 0.3) is 0 Å². The minimum atomic E-state index is -2.99. The molecule has 0 radical (unpaired) electrons. The standard InChI is InChI=1S/C17H19FN2O2S3/c18-14-5-3-13(4-6-14)10-19-17(23)20(11-16-2-1-8-24-16)15-7-9-25(21,22)12-15/h1-6,8,15H,7,9-12H2,(H,19,23)/t15-/m1/s1. The maximum Gasteiger partial charge on any atom is 0.169 e. The molecule has 0 aliphatic carbocycles. The van der Waals surface area contributed by atoms with Crippen LogP contribution in [0.15, 0.2) is 41.8 Å². The minimum Gasteiger partial charge on any atom is -0.358 e. The lowest BCUT2D eigenvalue weighted by Crippen LogP contribution is -2.45. The molecule has 1 aliphatic rings. The number of rotatable bonds is 5. The fraction of sp³-hybridized carbons (Fsp3) is 0.353. The van der Waals surface area contributed by atoms with Crippen molar-refractivity contribution in [1.29, 1.82) is 0 Å². The molecule has 2 aromatic rings. The maximum atomic E-state index is 13.0. The van der Waals surface area contributed by atoms with Crippen LogP contribution >= 0.6 is 23.6 Å². The quantitative estimate of drug-likeness (QED) is 0.785. The number of halogens is 1. The van der Waals surface area contributed by atoms with Crippen LogP contribution in [0.2, 0.25) is 0 Å². The van der Waals surface area contributed by atoms with Crippen molar-refractivity contribution in [3.8, 4) is 0 Å². The predicted molar refractivity (Wildman–Crippen MR) is 103 cm³/mol. The van der Waals surface area contributed by atoms with Gasteiger partial charge in [-0.3, -0.25) is 0 Å². The number of hydrogen-bond acceptors (Lipinski definition) is 4. The summed E-state index contributed by atoms with van der Waals surface area (Å²) >= 11 is 7.16. The average Bonchev–Trinajstić information content (AvgIpc) is 3.21. The van der Waals surface area contributed by atoms with Gasteiger partial charge in [0, 0.05) is 17.5 Å². The first kappa shape index (κ1) is 18.3. The van der Waals surface area contributed by atoms with Crippen LogP contribution in [0.4, 0.5) is 4.39 Å². The van der Waals surface area contributed by atoms with E-state index in [4.69, 9.17) is 12.2 Å². The summed E-state index contributed by atoms with van der Waals surface area (Å²) in [5, 5.41) is 5.70. The summed E-state index contributed by atoms with van der Waals surface area (Å²) in [5.41, 5.74) is 0.916. The Kier molecular flexibility index (Phi) is 5.71. The number of hydrogen-bond donors (Lipinski definition) is 1. The molecule has 0 spiro atoms. The van der Waals surface area contributed by atoms with E-state index in [0.29, 0.717) is 24.6 Å². The van der Waals surface area contributed by atoms with E-state index < -0.39 is 9.84 Å². The molecule has 1 N–H and O–H groups in total. The Labute approximate surface area is 156 Å². The van der Waals surface area contributed by atoms with Gasteiger partial charge in [-0.1, -0.05) is 18.2 Å². The molecule has 1 aromatic carbocycles. The van der Waals surface area contributed by atoms with E-state index >= 15 is 0 Å². The van der Waals surface area contributed by atoms with Crippen LogP contribution in [0.3, 0.4) is 0 Å². The second-order valence-electron chi connectivity index (χ2n) is 6.05. The van der Waals surface area contributed by atoms with Crippen molar-refractivity contribution in [2.24, 2.45) is 0 Å². The molecular formula is C17H19FN2O2S3. The lowest BCUT2D eigenvalue weighted by atomic mass is 10.2. The lowest BCUT2D eigenvalue weighted by molar-refractivity contribution is 0.325. The highest BCUT2D eigenvalue weighted by Gasteiger charge is 2.33. The molecule has 4 nitrogen and oxygen atoms in total. The SMILES string of the molecule is O=S1(=O)CC[C@@H](N(Cc2cccs2)C(=S)NCc2ccc(F)cc2)C1. The zero-order valence-electron chi connectivity index (χ0n) is 13.5. The summed E-state index contributed by atoms with van der Waals surface area (Å²) in [6.45, 7) is 1.06. The van der Waals surface area contributed by atoms with Crippen LogP contribution in [0.5, 0.6) is 0 Å². The van der Waals surface area contributed by atoms with Gasteiger partial charge in [-0.2, -0.15) is 0 Å². The number of nitrogens with one attached hydrogen (secondary N) is 1. The molecule has 0 bridgehead atoms. The van der Waals surface area contributed by atoms with Crippen molar-refractivity contribution < 1.29 is 12.8 Å². The highest BCUT2D eigenvalue weighted by Crippen LogP contribution is 2.22. The van der Waals surface area contributed by atoms with Crippen LogP contribution in [0.25, 0.3) is 0 Å².